The van der Waals surface area contributed by atoms with E-state index in [1.165, 1.54) is 0 Å². The van der Waals surface area contributed by atoms with Crippen LogP contribution in [-0.4, -0.2) is 4.98 Å². The Kier molecular flexibility index (Phi) is 0.817. The molecule has 1 rings (SSSR count). The van der Waals surface area contributed by atoms with Crippen molar-refractivity contribution in [3.8, 4) is 0 Å². The third kappa shape index (κ3) is 0.765. The standard InChI is InChI=1S/C4H2F2N/c5-3-1-2-4(6)7-3/h1,7H. The van der Waals surface area contributed by atoms with E-state index in [0.29, 0.717) is 0 Å². The average Bonchev–Trinajstić information content (AvgIpc) is 1.87. The molecule has 0 aliphatic heterocycles. The Morgan fingerprint density at radius 3 is 2.43 bits per heavy atom. The summed E-state index contributed by atoms with van der Waals surface area (Å²) in [4.78, 5) is 1.75. The highest BCUT2D eigenvalue weighted by molar-refractivity contribution is 4.89. The molecule has 0 saturated heterocycles. The predicted molar refractivity (Wildman–Crippen MR) is 19.5 cm³/mol. The molecule has 0 fully saturated rings. The van der Waals surface area contributed by atoms with Crippen molar-refractivity contribution in [2.75, 3.05) is 0 Å². The second-order valence-corrected chi connectivity index (χ2v) is 1.08. The SMILES string of the molecule is Fc1[c]cc(F)[nH]1. The van der Waals surface area contributed by atoms with Crippen molar-refractivity contribution in [3.05, 3.63) is 24.0 Å². The van der Waals surface area contributed by atoms with E-state index in [0.717, 1.165) is 6.07 Å². The Morgan fingerprint density at radius 1 is 1.57 bits per heavy atom. The van der Waals surface area contributed by atoms with Crippen LogP contribution in [0.5, 0.6) is 0 Å². The minimum absolute atomic E-state index is 0.697. The lowest BCUT2D eigenvalue weighted by molar-refractivity contribution is 0.534. The van der Waals surface area contributed by atoms with Gasteiger partial charge in [-0.3, -0.25) is 0 Å². The molecule has 0 amide bonds. The Labute approximate surface area is 39.0 Å². The highest BCUT2D eigenvalue weighted by atomic mass is 19.1. The van der Waals surface area contributed by atoms with Gasteiger partial charge in [0, 0.05) is 12.1 Å². The number of hydrogen-bond acceptors (Lipinski definition) is 0. The van der Waals surface area contributed by atoms with E-state index in [2.05, 4.69) is 0 Å². The molecular weight excluding hydrogens is 100 g/mol. The summed E-state index contributed by atoms with van der Waals surface area (Å²) in [6.07, 6.45) is 0. The number of aromatic nitrogens is 1. The largest absolute Gasteiger partial charge is 0.308 e. The summed E-state index contributed by atoms with van der Waals surface area (Å²) >= 11 is 0. The van der Waals surface area contributed by atoms with E-state index in [4.69, 9.17) is 0 Å². The van der Waals surface area contributed by atoms with Crippen LogP contribution >= 0.6 is 0 Å². The third-order valence-electron chi connectivity index (χ3n) is 0.555. The van der Waals surface area contributed by atoms with Gasteiger partial charge in [-0.25, -0.2) is 0 Å². The van der Waals surface area contributed by atoms with E-state index in [1.807, 2.05) is 6.07 Å². The minimum Gasteiger partial charge on any atom is -0.308 e. The van der Waals surface area contributed by atoms with Crippen LogP contribution < -0.4 is 0 Å². The van der Waals surface area contributed by atoms with Crippen molar-refractivity contribution < 1.29 is 8.78 Å². The zero-order chi connectivity index (χ0) is 5.28. The second-order valence-electron chi connectivity index (χ2n) is 1.08. The van der Waals surface area contributed by atoms with Gasteiger partial charge in [0.05, 0.1) is 0 Å². The summed E-state index contributed by atoms with van der Waals surface area (Å²) in [5.74, 6) is -1.46. The lowest BCUT2D eigenvalue weighted by Crippen LogP contribution is -1.70. The van der Waals surface area contributed by atoms with Gasteiger partial charge in [0.25, 0.3) is 0 Å². The molecule has 0 aliphatic carbocycles. The molecule has 0 aromatic carbocycles. The fourth-order valence-electron chi connectivity index (χ4n) is 0.304. The molecule has 37 valence electrons. The summed E-state index contributed by atoms with van der Waals surface area (Å²) in [5.41, 5.74) is 0. The molecule has 7 heavy (non-hydrogen) atoms. The predicted octanol–water partition coefficient (Wildman–Crippen LogP) is 1.09. The first-order chi connectivity index (χ1) is 3.29. The molecule has 1 nitrogen and oxygen atoms in total. The van der Waals surface area contributed by atoms with Gasteiger partial charge < -0.3 is 4.98 Å². The highest BCUT2D eigenvalue weighted by Gasteiger charge is 1.91. The number of halogens is 2. The van der Waals surface area contributed by atoms with Crippen molar-refractivity contribution in [3.63, 3.8) is 0 Å². The Hall–Kier alpha value is -0.860. The van der Waals surface area contributed by atoms with E-state index in [1.54, 1.807) is 4.98 Å². The van der Waals surface area contributed by atoms with Crippen LogP contribution in [0.2, 0.25) is 0 Å². The first-order valence-electron chi connectivity index (χ1n) is 1.71. The van der Waals surface area contributed by atoms with E-state index in [9.17, 15) is 8.78 Å². The van der Waals surface area contributed by atoms with Crippen LogP contribution in [0.4, 0.5) is 8.78 Å². The Balaban J connectivity index is 3.04. The second kappa shape index (κ2) is 1.33. The molecule has 1 heterocycles. The Bertz CT molecular complexity index is 142. The maximum Gasteiger partial charge on any atom is 0.201 e. The summed E-state index contributed by atoms with van der Waals surface area (Å²) in [5, 5.41) is 0. The van der Waals surface area contributed by atoms with Crippen LogP contribution in [0.25, 0.3) is 0 Å². The third-order valence-corrected chi connectivity index (χ3v) is 0.555. The fourth-order valence-corrected chi connectivity index (χ4v) is 0.304. The molecule has 1 radical (unpaired) electrons. The van der Waals surface area contributed by atoms with Crippen LogP contribution in [0.1, 0.15) is 0 Å². The van der Waals surface area contributed by atoms with Gasteiger partial charge in [-0.2, -0.15) is 8.78 Å². The van der Waals surface area contributed by atoms with Gasteiger partial charge >= 0.3 is 0 Å². The van der Waals surface area contributed by atoms with Gasteiger partial charge in [-0.1, -0.05) is 0 Å². The lowest BCUT2D eigenvalue weighted by Gasteiger charge is -1.69. The van der Waals surface area contributed by atoms with Crippen LogP contribution in [-0.2, 0) is 0 Å². The van der Waals surface area contributed by atoms with Crippen molar-refractivity contribution >= 4 is 0 Å². The quantitative estimate of drug-likeness (QED) is 0.504. The van der Waals surface area contributed by atoms with Gasteiger partial charge in [0.15, 0.2) is 5.95 Å². The highest BCUT2D eigenvalue weighted by Crippen LogP contribution is 1.93. The number of aromatic amines is 1. The molecule has 1 aromatic rings. The summed E-state index contributed by atoms with van der Waals surface area (Å²) in [7, 11) is 0. The molecule has 1 aromatic heterocycles. The van der Waals surface area contributed by atoms with E-state index < -0.39 is 11.9 Å². The number of rotatable bonds is 0. The van der Waals surface area contributed by atoms with Crippen LogP contribution in [0.15, 0.2) is 6.07 Å². The minimum atomic E-state index is -0.766. The molecule has 3 heteroatoms. The van der Waals surface area contributed by atoms with Gasteiger partial charge in [-0.05, 0) is 0 Å². The maximum atomic E-state index is 11.6. The molecule has 0 bridgehead atoms. The molecule has 0 aliphatic rings. The van der Waals surface area contributed by atoms with Crippen LogP contribution in [0, 0.1) is 18.0 Å². The molecule has 0 saturated carbocycles. The fraction of sp³-hybridized carbons (Fsp3) is 0. The zero-order valence-electron chi connectivity index (χ0n) is 3.33. The van der Waals surface area contributed by atoms with Crippen molar-refractivity contribution in [1.29, 1.82) is 0 Å². The van der Waals surface area contributed by atoms with E-state index >= 15 is 0 Å². The topological polar surface area (TPSA) is 15.8 Å². The normalized spacial score (nSPS) is 9.43. The lowest BCUT2D eigenvalue weighted by atomic mass is 10.7. The van der Waals surface area contributed by atoms with Gasteiger partial charge in [0.2, 0.25) is 5.95 Å². The molecule has 0 spiro atoms. The van der Waals surface area contributed by atoms with Gasteiger partial charge in [0.1, 0.15) is 0 Å². The van der Waals surface area contributed by atoms with E-state index in [-0.39, 0.29) is 0 Å². The van der Waals surface area contributed by atoms with Crippen molar-refractivity contribution in [1.82, 2.24) is 4.98 Å². The number of nitrogens with one attached hydrogen (secondary N) is 1. The summed E-state index contributed by atoms with van der Waals surface area (Å²) in [6, 6.07) is 2.87. The molecule has 1 N–H and O–H groups in total. The van der Waals surface area contributed by atoms with Crippen LogP contribution in [0.3, 0.4) is 0 Å². The summed E-state index contributed by atoms with van der Waals surface area (Å²) in [6.45, 7) is 0. The number of hydrogen-bond donors (Lipinski definition) is 1. The van der Waals surface area contributed by atoms with Gasteiger partial charge in [-0.15, -0.1) is 0 Å². The maximum absolute atomic E-state index is 11.6. The summed E-state index contributed by atoms with van der Waals surface area (Å²) < 4.78 is 23.2. The first-order valence-corrected chi connectivity index (χ1v) is 1.71. The molecule has 0 unspecified atom stereocenters. The monoisotopic (exact) mass is 102 g/mol. The number of H-pyrrole nitrogens is 1. The average molecular weight is 102 g/mol. The smallest absolute Gasteiger partial charge is 0.201 e. The Morgan fingerprint density at radius 2 is 2.29 bits per heavy atom. The molecular formula is C4H2F2N. The van der Waals surface area contributed by atoms with Crippen molar-refractivity contribution in [2.24, 2.45) is 0 Å². The zero-order valence-corrected chi connectivity index (χ0v) is 3.33. The van der Waals surface area contributed by atoms with Crippen molar-refractivity contribution in [2.45, 2.75) is 0 Å². The first kappa shape index (κ1) is 4.30. The molecule has 0 atom stereocenters.